The van der Waals surface area contributed by atoms with E-state index in [1.54, 1.807) is 20.0 Å². The van der Waals surface area contributed by atoms with Gasteiger partial charge in [-0.3, -0.25) is 0 Å². The van der Waals surface area contributed by atoms with Gasteiger partial charge >= 0.3 is 0 Å². The quantitative estimate of drug-likeness (QED) is 0.929. The second-order valence-electron chi connectivity index (χ2n) is 3.54. The first-order valence-electron chi connectivity index (χ1n) is 4.05. The predicted molar refractivity (Wildman–Crippen MR) is 61.4 cm³/mol. The first-order chi connectivity index (χ1) is 6.38. The standard InChI is InChI=1S/C9H11Br2NO2/c1-9(2,13)5-14-8-7(11)3-6(10)4-12-8/h3-4,13H,5H2,1-2H3. The Labute approximate surface area is 99.8 Å². The number of nitrogens with zero attached hydrogens (tertiary/aromatic N) is 1. The zero-order valence-electron chi connectivity index (χ0n) is 7.92. The summed E-state index contributed by atoms with van der Waals surface area (Å²) in [6, 6.07) is 1.84. The third kappa shape index (κ3) is 3.94. The van der Waals surface area contributed by atoms with Gasteiger partial charge in [0, 0.05) is 10.7 Å². The highest BCUT2D eigenvalue weighted by molar-refractivity contribution is 9.11. The largest absolute Gasteiger partial charge is 0.474 e. The summed E-state index contributed by atoms with van der Waals surface area (Å²) >= 11 is 6.61. The Morgan fingerprint density at radius 1 is 1.50 bits per heavy atom. The molecule has 3 nitrogen and oxygen atoms in total. The van der Waals surface area contributed by atoms with Crippen molar-refractivity contribution in [3.63, 3.8) is 0 Å². The molecule has 0 bridgehead atoms. The van der Waals surface area contributed by atoms with Crippen LogP contribution in [-0.2, 0) is 0 Å². The van der Waals surface area contributed by atoms with Crippen LogP contribution in [0.25, 0.3) is 0 Å². The minimum Gasteiger partial charge on any atom is -0.474 e. The number of aliphatic hydroxyl groups is 1. The van der Waals surface area contributed by atoms with Crippen molar-refractivity contribution >= 4 is 31.9 Å². The number of hydrogen-bond acceptors (Lipinski definition) is 3. The lowest BCUT2D eigenvalue weighted by atomic mass is 10.2. The van der Waals surface area contributed by atoms with E-state index in [0.29, 0.717) is 5.88 Å². The molecular weight excluding hydrogens is 314 g/mol. The van der Waals surface area contributed by atoms with E-state index in [1.165, 1.54) is 0 Å². The Morgan fingerprint density at radius 3 is 2.64 bits per heavy atom. The number of ether oxygens (including phenoxy) is 1. The Hall–Kier alpha value is -0.130. The Bertz CT molecular complexity index is 323. The molecule has 0 saturated carbocycles. The van der Waals surface area contributed by atoms with Gasteiger partial charge < -0.3 is 9.84 Å². The van der Waals surface area contributed by atoms with Gasteiger partial charge in [-0.2, -0.15) is 0 Å². The summed E-state index contributed by atoms with van der Waals surface area (Å²) in [4.78, 5) is 4.05. The number of hydrogen-bond donors (Lipinski definition) is 1. The van der Waals surface area contributed by atoms with Crippen molar-refractivity contribution < 1.29 is 9.84 Å². The van der Waals surface area contributed by atoms with E-state index in [9.17, 15) is 5.11 Å². The van der Waals surface area contributed by atoms with Crippen molar-refractivity contribution in [1.82, 2.24) is 4.98 Å². The Balaban J connectivity index is 2.68. The first kappa shape index (κ1) is 11.9. The van der Waals surface area contributed by atoms with Crippen LogP contribution in [0.3, 0.4) is 0 Å². The Kier molecular flexibility index (Phi) is 3.92. The molecule has 1 N–H and O–H groups in total. The average molecular weight is 325 g/mol. The molecule has 1 heterocycles. The number of aromatic nitrogens is 1. The maximum absolute atomic E-state index is 9.45. The smallest absolute Gasteiger partial charge is 0.228 e. The summed E-state index contributed by atoms with van der Waals surface area (Å²) in [6.07, 6.45) is 1.64. The van der Waals surface area contributed by atoms with Crippen LogP contribution in [-0.4, -0.2) is 22.3 Å². The fourth-order valence-electron chi connectivity index (χ4n) is 0.753. The van der Waals surface area contributed by atoms with Crippen LogP contribution in [0.15, 0.2) is 21.2 Å². The predicted octanol–water partition coefficient (Wildman–Crippen LogP) is 2.76. The second kappa shape index (κ2) is 4.59. The highest BCUT2D eigenvalue weighted by Crippen LogP contribution is 2.25. The molecule has 0 aromatic carbocycles. The fourth-order valence-corrected chi connectivity index (χ4v) is 1.86. The van der Waals surface area contributed by atoms with Gasteiger partial charge in [0.2, 0.25) is 5.88 Å². The van der Waals surface area contributed by atoms with Crippen LogP contribution >= 0.6 is 31.9 Å². The molecule has 0 aliphatic rings. The molecule has 1 rings (SSSR count). The molecular formula is C9H11Br2NO2. The van der Waals surface area contributed by atoms with Crippen LogP contribution in [0, 0.1) is 0 Å². The highest BCUT2D eigenvalue weighted by atomic mass is 79.9. The maximum atomic E-state index is 9.45. The summed E-state index contributed by atoms with van der Waals surface area (Å²) in [5.41, 5.74) is -0.853. The van der Waals surface area contributed by atoms with Crippen molar-refractivity contribution in [3.05, 3.63) is 21.2 Å². The molecule has 0 unspecified atom stereocenters. The highest BCUT2D eigenvalue weighted by Gasteiger charge is 2.14. The SMILES string of the molecule is CC(C)(O)COc1ncc(Br)cc1Br. The van der Waals surface area contributed by atoms with Gasteiger partial charge in [-0.25, -0.2) is 4.98 Å². The molecule has 0 aliphatic carbocycles. The van der Waals surface area contributed by atoms with Crippen LogP contribution in [0.1, 0.15) is 13.8 Å². The lowest BCUT2D eigenvalue weighted by Gasteiger charge is -2.17. The number of pyridine rings is 1. The van der Waals surface area contributed by atoms with E-state index in [1.807, 2.05) is 6.07 Å². The average Bonchev–Trinajstić information content (AvgIpc) is 2.00. The van der Waals surface area contributed by atoms with Crippen LogP contribution in [0.2, 0.25) is 0 Å². The molecule has 0 amide bonds. The lowest BCUT2D eigenvalue weighted by molar-refractivity contribution is 0.0265. The van der Waals surface area contributed by atoms with Crippen molar-refractivity contribution in [1.29, 1.82) is 0 Å². The van der Waals surface area contributed by atoms with Crippen LogP contribution < -0.4 is 4.74 Å². The van der Waals surface area contributed by atoms with E-state index in [0.717, 1.165) is 8.95 Å². The Morgan fingerprint density at radius 2 is 2.14 bits per heavy atom. The number of halogens is 2. The summed E-state index contributed by atoms with van der Waals surface area (Å²) in [5, 5.41) is 9.45. The molecule has 14 heavy (non-hydrogen) atoms. The topological polar surface area (TPSA) is 42.4 Å². The molecule has 0 atom stereocenters. The third-order valence-electron chi connectivity index (χ3n) is 1.34. The molecule has 1 aromatic rings. The summed E-state index contributed by atoms with van der Waals surface area (Å²) < 4.78 is 6.96. The fraction of sp³-hybridized carbons (Fsp3) is 0.444. The summed E-state index contributed by atoms with van der Waals surface area (Å²) in [5.74, 6) is 0.482. The normalized spacial score (nSPS) is 11.5. The molecule has 1 aromatic heterocycles. The van der Waals surface area contributed by atoms with Crippen molar-refractivity contribution in [3.8, 4) is 5.88 Å². The molecule has 5 heteroatoms. The first-order valence-corrected chi connectivity index (χ1v) is 5.63. The van der Waals surface area contributed by atoms with Crippen molar-refractivity contribution in [2.75, 3.05) is 6.61 Å². The van der Waals surface area contributed by atoms with Crippen molar-refractivity contribution in [2.45, 2.75) is 19.4 Å². The summed E-state index contributed by atoms with van der Waals surface area (Å²) in [6.45, 7) is 3.57. The van der Waals surface area contributed by atoms with Gasteiger partial charge in [-0.15, -0.1) is 0 Å². The van der Waals surface area contributed by atoms with Gasteiger partial charge in [-0.05, 0) is 51.8 Å². The molecule has 0 saturated heterocycles. The van der Waals surface area contributed by atoms with E-state index in [2.05, 4.69) is 36.8 Å². The van der Waals surface area contributed by atoms with E-state index in [-0.39, 0.29) is 6.61 Å². The summed E-state index contributed by atoms with van der Waals surface area (Å²) in [7, 11) is 0. The maximum Gasteiger partial charge on any atom is 0.228 e. The third-order valence-corrected chi connectivity index (χ3v) is 2.34. The molecule has 0 spiro atoms. The van der Waals surface area contributed by atoms with E-state index >= 15 is 0 Å². The zero-order valence-corrected chi connectivity index (χ0v) is 11.1. The minimum atomic E-state index is -0.853. The van der Waals surface area contributed by atoms with Crippen molar-refractivity contribution in [2.24, 2.45) is 0 Å². The molecule has 0 radical (unpaired) electrons. The molecule has 78 valence electrons. The van der Waals surface area contributed by atoms with E-state index < -0.39 is 5.60 Å². The zero-order chi connectivity index (χ0) is 10.8. The minimum absolute atomic E-state index is 0.209. The lowest BCUT2D eigenvalue weighted by Crippen LogP contribution is -2.28. The second-order valence-corrected chi connectivity index (χ2v) is 5.31. The van der Waals surface area contributed by atoms with Gasteiger partial charge in [0.1, 0.15) is 6.61 Å². The van der Waals surface area contributed by atoms with Gasteiger partial charge in [0.15, 0.2) is 0 Å². The number of rotatable bonds is 3. The van der Waals surface area contributed by atoms with Gasteiger partial charge in [0.25, 0.3) is 0 Å². The molecule has 0 aliphatic heterocycles. The van der Waals surface area contributed by atoms with Crippen LogP contribution in [0.4, 0.5) is 0 Å². The van der Waals surface area contributed by atoms with E-state index in [4.69, 9.17) is 4.74 Å². The monoisotopic (exact) mass is 323 g/mol. The van der Waals surface area contributed by atoms with Gasteiger partial charge in [0.05, 0.1) is 10.1 Å². The molecule has 0 fully saturated rings. The van der Waals surface area contributed by atoms with Gasteiger partial charge in [-0.1, -0.05) is 0 Å². The van der Waals surface area contributed by atoms with Crippen LogP contribution in [0.5, 0.6) is 5.88 Å².